The minimum absolute atomic E-state index is 0.0795. The zero-order valence-electron chi connectivity index (χ0n) is 7.25. The van der Waals surface area contributed by atoms with Crippen LogP contribution in [0.3, 0.4) is 0 Å². The van der Waals surface area contributed by atoms with Gasteiger partial charge in [-0.3, -0.25) is 4.99 Å². The fourth-order valence-electron chi connectivity index (χ4n) is 1.33. The van der Waals surface area contributed by atoms with Gasteiger partial charge in [-0.25, -0.2) is 0 Å². The van der Waals surface area contributed by atoms with Crippen LogP contribution in [0.15, 0.2) is 16.8 Å². The highest BCUT2D eigenvalue weighted by Crippen LogP contribution is 2.32. The Morgan fingerprint density at radius 2 is 2.15 bits per heavy atom. The molecule has 0 radical (unpaired) electrons. The standard InChI is InChI=1S/C8H13NO4/c1-4(10)8(13)3-5(9-2)6(11)7(8)12/h3-4,6-7,10-13H,2H2,1H3/t4-,6+,7+,8+/m0/s1. The zero-order chi connectivity index (χ0) is 10.2. The molecule has 0 spiro atoms. The van der Waals surface area contributed by atoms with E-state index in [1.165, 1.54) is 6.92 Å². The van der Waals surface area contributed by atoms with Crippen molar-refractivity contribution in [2.75, 3.05) is 0 Å². The number of nitrogens with zero attached hydrogens (tertiary/aromatic N) is 1. The van der Waals surface area contributed by atoms with Crippen molar-refractivity contribution in [2.24, 2.45) is 4.99 Å². The van der Waals surface area contributed by atoms with Crippen LogP contribution in [0.5, 0.6) is 0 Å². The molecule has 0 aromatic heterocycles. The van der Waals surface area contributed by atoms with Crippen molar-refractivity contribution < 1.29 is 20.4 Å². The third-order valence-electron chi connectivity index (χ3n) is 2.31. The lowest BCUT2D eigenvalue weighted by molar-refractivity contribution is -0.125. The van der Waals surface area contributed by atoms with Gasteiger partial charge in [0.15, 0.2) is 0 Å². The van der Waals surface area contributed by atoms with Gasteiger partial charge in [-0.2, -0.15) is 0 Å². The van der Waals surface area contributed by atoms with Gasteiger partial charge in [0.2, 0.25) is 0 Å². The molecule has 0 aliphatic heterocycles. The van der Waals surface area contributed by atoms with Gasteiger partial charge in [0.05, 0.1) is 11.8 Å². The molecule has 1 aliphatic rings. The number of aliphatic hydroxyl groups is 4. The van der Waals surface area contributed by atoms with Crippen LogP contribution in [0.4, 0.5) is 0 Å². The number of aliphatic hydroxyl groups excluding tert-OH is 3. The second kappa shape index (κ2) is 3.19. The molecular formula is C8H13NO4. The first kappa shape index (κ1) is 10.3. The number of aliphatic imine (C=N–C) groups is 1. The molecule has 0 saturated carbocycles. The third-order valence-corrected chi connectivity index (χ3v) is 2.31. The third kappa shape index (κ3) is 1.40. The monoisotopic (exact) mass is 187 g/mol. The molecule has 0 heterocycles. The van der Waals surface area contributed by atoms with Crippen LogP contribution < -0.4 is 0 Å². The fraction of sp³-hybridized carbons (Fsp3) is 0.625. The Bertz CT molecular complexity index is 251. The Morgan fingerprint density at radius 1 is 1.62 bits per heavy atom. The summed E-state index contributed by atoms with van der Waals surface area (Å²) < 4.78 is 0. The molecule has 5 nitrogen and oxygen atoms in total. The van der Waals surface area contributed by atoms with Crippen LogP contribution in [-0.2, 0) is 0 Å². The predicted molar refractivity (Wildman–Crippen MR) is 46.3 cm³/mol. The van der Waals surface area contributed by atoms with Gasteiger partial charge in [-0.05, 0) is 19.7 Å². The summed E-state index contributed by atoms with van der Waals surface area (Å²) in [5, 5.41) is 37.6. The second-order valence-electron chi connectivity index (χ2n) is 3.18. The molecule has 0 aromatic carbocycles. The van der Waals surface area contributed by atoms with Crippen LogP contribution >= 0.6 is 0 Å². The molecule has 1 aliphatic carbocycles. The first-order valence-electron chi connectivity index (χ1n) is 3.89. The molecule has 5 heteroatoms. The van der Waals surface area contributed by atoms with Gasteiger partial charge < -0.3 is 20.4 Å². The van der Waals surface area contributed by atoms with Crippen molar-refractivity contribution in [3.63, 3.8) is 0 Å². The molecule has 0 saturated heterocycles. The van der Waals surface area contributed by atoms with Gasteiger partial charge in [0.25, 0.3) is 0 Å². The van der Waals surface area contributed by atoms with Crippen LogP contribution in [0.2, 0.25) is 0 Å². The molecule has 74 valence electrons. The van der Waals surface area contributed by atoms with Crippen LogP contribution in [-0.4, -0.2) is 51.1 Å². The lowest BCUT2D eigenvalue weighted by Gasteiger charge is -2.29. The lowest BCUT2D eigenvalue weighted by Crippen LogP contribution is -2.50. The van der Waals surface area contributed by atoms with Crippen molar-refractivity contribution in [2.45, 2.75) is 30.8 Å². The van der Waals surface area contributed by atoms with Crippen molar-refractivity contribution >= 4 is 6.72 Å². The van der Waals surface area contributed by atoms with Crippen LogP contribution in [0.25, 0.3) is 0 Å². The normalized spacial score (nSPS) is 41.5. The van der Waals surface area contributed by atoms with E-state index in [1.807, 2.05) is 0 Å². The van der Waals surface area contributed by atoms with E-state index in [0.29, 0.717) is 0 Å². The van der Waals surface area contributed by atoms with Crippen molar-refractivity contribution in [1.82, 2.24) is 0 Å². The van der Waals surface area contributed by atoms with Crippen molar-refractivity contribution in [3.05, 3.63) is 11.8 Å². The average Bonchev–Trinajstić information content (AvgIpc) is 2.31. The van der Waals surface area contributed by atoms with Crippen molar-refractivity contribution in [3.8, 4) is 0 Å². The maximum absolute atomic E-state index is 9.68. The van der Waals surface area contributed by atoms with Crippen LogP contribution in [0.1, 0.15) is 6.92 Å². The molecule has 0 amide bonds. The molecule has 0 fully saturated rings. The zero-order valence-corrected chi connectivity index (χ0v) is 7.25. The van der Waals surface area contributed by atoms with E-state index in [1.54, 1.807) is 0 Å². The second-order valence-corrected chi connectivity index (χ2v) is 3.18. The fourth-order valence-corrected chi connectivity index (χ4v) is 1.33. The maximum atomic E-state index is 9.68. The molecule has 4 N–H and O–H groups in total. The molecule has 13 heavy (non-hydrogen) atoms. The van der Waals surface area contributed by atoms with E-state index >= 15 is 0 Å². The Hall–Kier alpha value is -0.750. The molecule has 0 aromatic rings. The quantitative estimate of drug-likeness (QED) is 0.392. The van der Waals surface area contributed by atoms with Crippen LogP contribution in [0, 0.1) is 0 Å². The first-order chi connectivity index (χ1) is 5.93. The summed E-state index contributed by atoms with van der Waals surface area (Å²) in [5.41, 5.74) is -1.76. The molecule has 0 unspecified atom stereocenters. The van der Waals surface area contributed by atoms with Gasteiger partial charge >= 0.3 is 0 Å². The topological polar surface area (TPSA) is 93.3 Å². The summed E-state index contributed by atoms with van der Waals surface area (Å²) in [5.74, 6) is 0. The van der Waals surface area contributed by atoms with E-state index in [0.717, 1.165) is 6.08 Å². The Labute approximate surface area is 75.7 Å². The highest BCUT2D eigenvalue weighted by Gasteiger charge is 2.49. The van der Waals surface area contributed by atoms with E-state index < -0.39 is 23.9 Å². The number of rotatable bonds is 2. The molecule has 1 rings (SSSR count). The summed E-state index contributed by atoms with van der Waals surface area (Å²) in [4.78, 5) is 3.43. The average molecular weight is 187 g/mol. The largest absolute Gasteiger partial charge is 0.390 e. The summed E-state index contributed by atoms with van der Waals surface area (Å²) in [6, 6.07) is 0. The SMILES string of the molecule is C=NC1=C[C@@](O)([C@H](C)O)[C@H](O)[C@@H]1O. The van der Waals surface area contributed by atoms with E-state index in [4.69, 9.17) is 0 Å². The minimum Gasteiger partial charge on any atom is -0.390 e. The number of hydrogen-bond acceptors (Lipinski definition) is 5. The Morgan fingerprint density at radius 3 is 2.38 bits per heavy atom. The van der Waals surface area contributed by atoms with Gasteiger partial charge in [-0.1, -0.05) is 0 Å². The first-order valence-corrected chi connectivity index (χ1v) is 3.89. The summed E-state index contributed by atoms with van der Waals surface area (Å²) >= 11 is 0. The van der Waals surface area contributed by atoms with Gasteiger partial charge in [0.1, 0.15) is 17.8 Å². The highest BCUT2D eigenvalue weighted by atomic mass is 16.4. The smallest absolute Gasteiger partial charge is 0.139 e. The Balaban J connectivity index is 3.03. The minimum atomic E-state index is -1.84. The molecular weight excluding hydrogens is 174 g/mol. The summed E-state index contributed by atoms with van der Waals surface area (Å²) in [6.45, 7) is 4.49. The van der Waals surface area contributed by atoms with E-state index in [9.17, 15) is 20.4 Å². The maximum Gasteiger partial charge on any atom is 0.139 e. The van der Waals surface area contributed by atoms with E-state index in [-0.39, 0.29) is 5.70 Å². The molecule has 0 bridgehead atoms. The predicted octanol–water partition coefficient (Wildman–Crippen LogP) is -1.58. The van der Waals surface area contributed by atoms with Crippen molar-refractivity contribution in [1.29, 1.82) is 0 Å². The van der Waals surface area contributed by atoms with Gasteiger partial charge in [0, 0.05) is 0 Å². The lowest BCUT2D eigenvalue weighted by atomic mass is 9.94. The summed E-state index contributed by atoms with van der Waals surface area (Å²) in [6.07, 6.45) is -2.82. The number of hydrogen-bond donors (Lipinski definition) is 4. The van der Waals surface area contributed by atoms with Gasteiger partial charge in [-0.15, -0.1) is 0 Å². The Kier molecular flexibility index (Phi) is 2.53. The highest BCUT2D eigenvalue weighted by molar-refractivity contribution is 5.36. The summed E-state index contributed by atoms with van der Waals surface area (Å²) in [7, 11) is 0. The van der Waals surface area contributed by atoms with E-state index in [2.05, 4.69) is 11.7 Å². The molecule has 4 atom stereocenters.